The summed E-state index contributed by atoms with van der Waals surface area (Å²) >= 11 is 0. The molecular formula is C10H11FO3. The fourth-order valence-corrected chi connectivity index (χ4v) is 1.09. The molecule has 0 saturated heterocycles. The van der Waals surface area contributed by atoms with Crippen LogP contribution in [0.5, 0.6) is 11.5 Å². The number of rotatable bonds is 3. The van der Waals surface area contributed by atoms with E-state index in [2.05, 4.69) is 0 Å². The maximum atomic E-state index is 13.0. The van der Waals surface area contributed by atoms with Gasteiger partial charge in [0.25, 0.3) is 0 Å². The van der Waals surface area contributed by atoms with E-state index in [0.717, 1.165) is 6.07 Å². The van der Waals surface area contributed by atoms with E-state index in [9.17, 15) is 14.3 Å². The molecule has 1 aromatic carbocycles. The second-order valence-electron chi connectivity index (χ2n) is 2.79. The van der Waals surface area contributed by atoms with E-state index in [1.807, 2.05) is 0 Å². The molecule has 0 aliphatic rings. The van der Waals surface area contributed by atoms with E-state index < -0.39 is 17.3 Å². The minimum atomic E-state index is -0.846. The fourth-order valence-electron chi connectivity index (χ4n) is 1.09. The largest absolute Gasteiger partial charge is 0.504 e. The van der Waals surface area contributed by atoms with E-state index in [1.165, 1.54) is 13.0 Å². The first-order valence-corrected chi connectivity index (χ1v) is 4.22. The van der Waals surface area contributed by atoms with Crippen molar-refractivity contribution in [1.82, 2.24) is 0 Å². The van der Waals surface area contributed by atoms with Gasteiger partial charge in [0.15, 0.2) is 17.3 Å². The Bertz CT molecular complexity index is 361. The van der Waals surface area contributed by atoms with E-state index in [1.54, 1.807) is 6.92 Å². The molecular weight excluding hydrogens is 187 g/mol. The molecule has 0 aliphatic heterocycles. The number of carbonyl (C=O) groups excluding carboxylic acids is 1. The Morgan fingerprint density at radius 2 is 2.21 bits per heavy atom. The Kier molecular flexibility index (Phi) is 3.06. The van der Waals surface area contributed by atoms with Crippen LogP contribution in [0.15, 0.2) is 12.1 Å². The van der Waals surface area contributed by atoms with E-state index in [4.69, 9.17) is 4.74 Å². The van der Waals surface area contributed by atoms with Crippen molar-refractivity contribution < 1.29 is 19.0 Å². The van der Waals surface area contributed by atoms with Crippen LogP contribution >= 0.6 is 0 Å². The van der Waals surface area contributed by atoms with Gasteiger partial charge in [-0.15, -0.1) is 0 Å². The zero-order valence-corrected chi connectivity index (χ0v) is 8.00. The van der Waals surface area contributed by atoms with Crippen molar-refractivity contribution in [3.05, 3.63) is 23.5 Å². The topological polar surface area (TPSA) is 46.5 Å². The molecule has 0 atom stereocenters. The van der Waals surface area contributed by atoms with Crippen LogP contribution in [0.1, 0.15) is 24.2 Å². The number of benzene rings is 1. The van der Waals surface area contributed by atoms with Crippen molar-refractivity contribution in [3.8, 4) is 11.5 Å². The van der Waals surface area contributed by atoms with Crippen molar-refractivity contribution in [2.24, 2.45) is 0 Å². The third kappa shape index (κ3) is 2.02. The van der Waals surface area contributed by atoms with Crippen molar-refractivity contribution in [2.75, 3.05) is 6.61 Å². The van der Waals surface area contributed by atoms with Crippen LogP contribution in [0.2, 0.25) is 0 Å². The molecule has 0 aromatic heterocycles. The number of Topliss-reactive ketones (excluding diaryl/α,β-unsaturated/α-hetero) is 1. The third-order valence-corrected chi connectivity index (χ3v) is 1.73. The smallest absolute Gasteiger partial charge is 0.169 e. The molecule has 0 unspecified atom stereocenters. The van der Waals surface area contributed by atoms with Crippen LogP contribution < -0.4 is 4.74 Å². The summed E-state index contributed by atoms with van der Waals surface area (Å²) in [5.41, 5.74) is -0.0616. The van der Waals surface area contributed by atoms with Gasteiger partial charge in [0, 0.05) is 6.07 Å². The molecule has 76 valence electrons. The van der Waals surface area contributed by atoms with Crippen LogP contribution in [0.4, 0.5) is 4.39 Å². The van der Waals surface area contributed by atoms with Crippen LogP contribution in [0.25, 0.3) is 0 Å². The lowest BCUT2D eigenvalue weighted by atomic mass is 10.1. The number of ketones is 1. The predicted molar refractivity (Wildman–Crippen MR) is 49.2 cm³/mol. The summed E-state index contributed by atoms with van der Waals surface area (Å²) in [4.78, 5) is 11.0. The summed E-state index contributed by atoms with van der Waals surface area (Å²) < 4.78 is 18.1. The second kappa shape index (κ2) is 4.09. The molecule has 1 aromatic rings. The van der Waals surface area contributed by atoms with Gasteiger partial charge in [0.1, 0.15) is 5.75 Å². The highest BCUT2D eigenvalue weighted by Gasteiger charge is 2.13. The molecule has 0 aliphatic carbocycles. The van der Waals surface area contributed by atoms with E-state index in [-0.39, 0.29) is 11.3 Å². The first-order chi connectivity index (χ1) is 6.56. The maximum absolute atomic E-state index is 13.0. The van der Waals surface area contributed by atoms with Crippen molar-refractivity contribution in [2.45, 2.75) is 13.8 Å². The van der Waals surface area contributed by atoms with Gasteiger partial charge in [0.05, 0.1) is 12.2 Å². The predicted octanol–water partition coefficient (Wildman–Crippen LogP) is 2.13. The normalized spacial score (nSPS) is 9.93. The Morgan fingerprint density at radius 3 is 2.71 bits per heavy atom. The summed E-state index contributed by atoms with van der Waals surface area (Å²) in [6.45, 7) is 3.38. The molecule has 14 heavy (non-hydrogen) atoms. The highest BCUT2D eigenvalue weighted by Crippen LogP contribution is 2.27. The van der Waals surface area contributed by atoms with Gasteiger partial charge in [-0.3, -0.25) is 4.79 Å². The number of aromatic hydroxyl groups is 1. The van der Waals surface area contributed by atoms with E-state index in [0.29, 0.717) is 6.61 Å². The van der Waals surface area contributed by atoms with Gasteiger partial charge in [-0.1, -0.05) is 0 Å². The zero-order chi connectivity index (χ0) is 10.7. The molecule has 0 fully saturated rings. The van der Waals surface area contributed by atoms with Gasteiger partial charge in [-0.05, 0) is 19.9 Å². The standard InChI is InChI=1S/C10H11FO3/c1-3-14-7-4-8(6(2)12)10(13)9(11)5-7/h4-5,13H,3H2,1-2H3. The van der Waals surface area contributed by atoms with Crippen LogP contribution in [0, 0.1) is 5.82 Å². The number of phenols is 1. The molecule has 1 N–H and O–H groups in total. The zero-order valence-electron chi connectivity index (χ0n) is 8.00. The van der Waals surface area contributed by atoms with Gasteiger partial charge in [-0.25, -0.2) is 4.39 Å². The van der Waals surface area contributed by atoms with Gasteiger partial charge in [0.2, 0.25) is 0 Å². The van der Waals surface area contributed by atoms with Gasteiger partial charge >= 0.3 is 0 Å². The number of hydrogen-bond donors (Lipinski definition) is 1. The SMILES string of the molecule is CCOc1cc(F)c(O)c(C(C)=O)c1. The monoisotopic (exact) mass is 198 g/mol. The highest BCUT2D eigenvalue weighted by atomic mass is 19.1. The molecule has 0 radical (unpaired) electrons. The molecule has 0 amide bonds. The molecule has 0 saturated carbocycles. The number of halogens is 1. The average Bonchev–Trinajstić information content (AvgIpc) is 2.11. The highest BCUT2D eigenvalue weighted by molar-refractivity contribution is 5.97. The van der Waals surface area contributed by atoms with Crippen molar-refractivity contribution in [1.29, 1.82) is 0 Å². The lowest BCUT2D eigenvalue weighted by Crippen LogP contribution is -1.98. The number of carbonyl (C=O) groups is 1. The average molecular weight is 198 g/mol. The van der Waals surface area contributed by atoms with Gasteiger partial charge in [-0.2, -0.15) is 0 Å². The first-order valence-electron chi connectivity index (χ1n) is 4.22. The lowest BCUT2D eigenvalue weighted by molar-refractivity contribution is 0.101. The second-order valence-corrected chi connectivity index (χ2v) is 2.79. The molecule has 0 bridgehead atoms. The van der Waals surface area contributed by atoms with Crippen LogP contribution in [-0.4, -0.2) is 17.5 Å². The first kappa shape index (κ1) is 10.5. The lowest BCUT2D eigenvalue weighted by Gasteiger charge is -2.07. The van der Waals surface area contributed by atoms with E-state index >= 15 is 0 Å². The fraction of sp³-hybridized carbons (Fsp3) is 0.300. The molecule has 1 rings (SSSR count). The summed E-state index contributed by atoms with van der Waals surface area (Å²) in [6, 6.07) is 2.37. The Balaban J connectivity index is 3.21. The summed E-state index contributed by atoms with van der Waals surface area (Å²) in [5, 5.41) is 9.21. The summed E-state index contributed by atoms with van der Waals surface area (Å²) in [7, 11) is 0. The van der Waals surface area contributed by atoms with Crippen molar-refractivity contribution in [3.63, 3.8) is 0 Å². The number of phenolic OH excluding ortho intramolecular Hbond substituents is 1. The minimum absolute atomic E-state index is 0.0616. The minimum Gasteiger partial charge on any atom is -0.504 e. The molecule has 0 heterocycles. The van der Waals surface area contributed by atoms with Crippen LogP contribution in [0.3, 0.4) is 0 Å². The molecule has 0 spiro atoms. The Hall–Kier alpha value is -1.58. The number of ether oxygens (including phenoxy) is 1. The van der Waals surface area contributed by atoms with Crippen molar-refractivity contribution >= 4 is 5.78 Å². The third-order valence-electron chi connectivity index (χ3n) is 1.73. The summed E-state index contributed by atoms with van der Waals surface area (Å²) in [5.74, 6) is -1.63. The number of hydrogen-bond acceptors (Lipinski definition) is 3. The Labute approximate surface area is 81.1 Å². The molecule has 4 heteroatoms. The Morgan fingerprint density at radius 1 is 1.57 bits per heavy atom. The quantitative estimate of drug-likeness (QED) is 0.757. The maximum Gasteiger partial charge on any atom is 0.169 e. The van der Waals surface area contributed by atoms with Gasteiger partial charge < -0.3 is 9.84 Å². The summed E-state index contributed by atoms with van der Waals surface area (Å²) in [6.07, 6.45) is 0. The van der Waals surface area contributed by atoms with Crippen LogP contribution in [-0.2, 0) is 0 Å². The molecule has 3 nitrogen and oxygen atoms in total.